The summed E-state index contributed by atoms with van der Waals surface area (Å²) in [5, 5.41) is 16.6. The maximum atomic E-state index is 12.6. The Balaban J connectivity index is 1.68. The van der Waals surface area contributed by atoms with E-state index in [0.29, 0.717) is 10.8 Å². The molecule has 0 aliphatic carbocycles. The molecule has 3 aromatic rings. The number of sulfonamides is 1. The Labute approximate surface area is 192 Å². The van der Waals surface area contributed by atoms with Crippen LogP contribution in [0, 0.1) is 0 Å². The second-order valence-corrected chi connectivity index (χ2v) is 11.4. The SMILES string of the molecule is C[C@@H](Sc1nnc(-c2ccc(C(C)(C)C)cc2)n1C)C(=O)Nc1ccc(S(N)(=O)=O)cc1. The van der Waals surface area contributed by atoms with Gasteiger partial charge in [0.25, 0.3) is 0 Å². The van der Waals surface area contributed by atoms with E-state index in [1.165, 1.54) is 41.6 Å². The fourth-order valence-electron chi connectivity index (χ4n) is 2.97. The molecule has 0 saturated carbocycles. The van der Waals surface area contributed by atoms with Crippen LogP contribution in [0.2, 0.25) is 0 Å². The molecule has 2 aromatic carbocycles. The van der Waals surface area contributed by atoms with Crippen molar-refractivity contribution in [1.29, 1.82) is 0 Å². The molecule has 0 spiro atoms. The van der Waals surface area contributed by atoms with Gasteiger partial charge >= 0.3 is 0 Å². The summed E-state index contributed by atoms with van der Waals surface area (Å²) in [4.78, 5) is 12.6. The minimum Gasteiger partial charge on any atom is -0.325 e. The average Bonchev–Trinajstić information content (AvgIpc) is 3.07. The van der Waals surface area contributed by atoms with Crippen molar-refractivity contribution in [1.82, 2.24) is 14.8 Å². The first kappa shape index (κ1) is 24.0. The summed E-state index contributed by atoms with van der Waals surface area (Å²) in [5.74, 6) is 0.483. The van der Waals surface area contributed by atoms with Gasteiger partial charge < -0.3 is 9.88 Å². The van der Waals surface area contributed by atoms with E-state index < -0.39 is 15.3 Å². The maximum Gasteiger partial charge on any atom is 0.238 e. The summed E-state index contributed by atoms with van der Waals surface area (Å²) in [6.07, 6.45) is 0. The first-order valence-electron chi connectivity index (χ1n) is 9.97. The number of primary sulfonamides is 1. The van der Waals surface area contributed by atoms with Crippen molar-refractivity contribution in [2.75, 3.05) is 5.32 Å². The van der Waals surface area contributed by atoms with Gasteiger partial charge in [-0.25, -0.2) is 13.6 Å². The highest BCUT2D eigenvalue weighted by atomic mass is 32.2. The van der Waals surface area contributed by atoms with E-state index in [-0.39, 0.29) is 16.2 Å². The fraction of sp³-hybridized carbons (Fsp3) is 0.318. The largest absolute Gasteiger partial charge is 0.325 e. The molecule has 32 heavy (non-hydrogen) atoms. The molecule has 0 fully saturated rings. The standard InChI is InChI=1S/C22H27N5O3S2/c1-14(20(28)24-17-10-12-18(13-11-17)32(23,29)30)31-21-26-25-19(27(21)5)15-6-8-16(9-7-15)22(2,3)4/h6-14H,1-5H3,(H,24,28)(H2,23,29,30)/t14-/m1/s1. The van der Waals surface area contributed by atoms with Gasteiger partial charge in [-0.15, -0.1) is 10.2 Å². The summed E-state index contributed by atoms with van der Waals surface area (Å²) in [6, 6.07) is 13.9. The predicted octanol–water partition coefficient (Wildman–Crippen LogP) is 3.55. The predicted molar refractivity (Wildman–Crippen MR) is 127 cm³/mol. The number of rotatable bonds is 6. The zero-order chi connectivity index (χ0) is 23.7. The quantitative estimate of drug-likeness (QED) is 0.528. The Morgan fingerprint density at radius 3 is 2.19 bits per heavy atom. The van der Waals surface area contributed by atoms with Crippen LogP contribution in [0.4, 0.5) is 5.69 Å². The molecule has 1 aromatic heterocycles. The van der Waals surface area contributed by atoms with Crippen molar-refractivity contribution in [2.24, 2.45) is 12.2 Å². The monoisotopic (exact) mass is 473 g/mol. The van der Waals surface area contributed by atoms with E-state index in [1.807, 2.05) is 23.7 Å². The number of amides is 1. The second-order valence-electron chi connectivity index (χ2n) is 8.51. The van der Waals surface area contributed by atoms with Crippen LogP contribution < -0.4 is 10.5 Å². The molecule has 0 unspecified atom stereocenters. The number of anilines is 1. The van der Waals surface area contributed by atoms with Crippen LogP contribution in [-0.2, 0) is 27.3 Å². The molecule has 10 heteroatoms. The third-order valence-electron chi connectivity index (χ3n) is 4.95. The lowest BCUT2D eigenvalue weighted by atomic mass is 9.87. The summed E-state index contributed by atoms with van der Waals surface area (Å²) >= 11 is 1.29. The molecule has 1 amide bonds. The molecule has 0 saturated heterocycles. The van der Waals surface area contributed by atoms with Gasteiger partial charge in [-0.1, -0.05) is 56.8 Å². The van der Waals surface area contributed by atoms with Crippen molar-refractivity contribution in [3.8, 4) is 11.4 Å². The number of nitrogens with zero attached hydrogens (tertiary/aromatic N) is 3. The van der Waals surface area contributed by atoms with E-state index in [0.717, 1.165) is 11.4 Å². The summed E-state index contributed by atoms with van der Waals surface area (Å²) in [7, 11) is -1.91. The van der Waals surface area contributed by atoms with Gasteiger partial charge in [-0.3, -0.25) is 4.79 Å². The number of nitrogens with two attached hydrogens (primary N) is 1. The second kappa shape index (κ2) is 9.05. The lowest BCUT2D eigenvalue weighted by Crippen LogP contribution is -2.23. The van der Waals surface area contributed by atoms with Gasteiger partial charge in [0.2, 0.25) is 15.9 Å². The van der Waals surface area contributed by atoms with Crippen molar-refractivity contribution in [3.05, 3.63) is 54.1 Å². The van der Waals surface area contributed by atoms with Crippen LogP contribution >= 0.6 is 11.8 Å². The molecule has 0 bridgehead atoms. The highest BCUT2D eigenvalue weighted by Gasteiger charge is 2.20. The Bertz CT molecular complexity index is 1210. The number of hydrogen-bond donors (Lipinski definition) is 2. The molecule has 3 N–H and O–H groups in total. The van der Waals surface area contributed by atoms with E-state index >= 15 is 0 Å². The van der Waals surface area contributed by atoms with E-state index in [4.69, 9.17) is 5.14 Å². The lowest BCUT2D eigenvalue weighted by Gasteiger charge is -2.19. The van der Waals surface area contributed by atoms with Crippen molar-refractivity contribution in [2.45, 2.75) is 48.4 Å². The van der Waals surface area contributed by atoms with Gasteiger partial charge in [0, 0.05) is 18.3 Å². The zero-order valence-electron chi connectivity index (χ0n) is 18.7. The third-order valence-corrected chi connectivity index (χ3v) is 7.01. The Morgan fingerprint density at radius 1 is 1.06 bits per heavy atom. The fourth-order valence-corrected chi connectivity index (χ4v) is 4.30. The average molecular weight is 474 g/mol. The van der Waals surface area contributed by atoms with Crippen LogP contribution in [0.15, 0.2) is 58.6 Å². The molecule has 170 valence electrons. The molecule has 0 aliphatic rings. The number of carbonyl (C=O) groups is 1. The third kappa shape index (κ3) is 5.56. The smallest absolute Gasteiger partial charge is 0.238 e. The van der Waals surface area contributed by atoms with Crippen molar-refractivity contribution in [3.63, 3.8) is 0 Å². The minimum absolute atomic E-state index is 0.0138. The highest BCUT2D eigenvalue weighted by Crippen LogP contribution is 2.28. The Morgan fingerprint density at radius 2 is 1.66 bits per heavy atom. The lowest BCUT2D eigenvalue weighted by molar-refractivity contribution is -0.115. The molecule has 8 nitrogen and oxygen atoms in total. The summed E-state index contributed by atoms with van der Waals surface area (Å²) < 4.78 is 24.6. The topological polar surface area (TPSA) is 120 Å². The maximum absolute atomic E-state index is 12.6. The van der Waals surface area contributed by atoms with Gasteiger partial charge in [0.15, 0.2) is 11.0 Å². The van der Waals surface area contributed by atoms with Crippen molar-refractivity contribution < 1.29 is 13.2 Å². The minimum atomic E-state index is -3.78. The van der Waals surface area contributed by atoms with Gasteiger partial charge in [-0.2, -0.15) is 0 Å². The van der Waals surface area contributed by atoms with Gasteiger partial charge in [0.1, 0.15) is 0 Å². The van der Waals surface area contributed by atoms with Gasteiger partial charge in [-0.05, 0) is 42.2 Å². The molecule has 1 heterocycles. The summed E-state index contributed by atoms with van der Waals surface area (Å²) in [5.41, 5.74) is 2.74. The summed E-state index contributed by atoms with van der Waals surface area (Å²) in [6.45, 7) is 8.27. The first-order chi connectivity index (χ1) is 14.9. The highest BCUT2D eigenvalue weighted by molar-refractivity contribution is 8.00. The van der Waals surface area contributed by atoms with E-state index in [9.17, 15) is 13.2 Å². The number of carbonyl (C=O) groups excluding carboxylic acids is 1. The van der Waals surface area contributed by atoms with Crippen LogP contribution in [-0.4, -0.2) is 34.3 Å². The normalized spacial score (nSPS) is 13.1. The van der Waals surface area contributed by atoms with Crippen molar-refractivity contribution >= 4 is 33.4 Å². The number of nitrogens with one attached hydrogen (secondary N) is 1. The van der Waals surface area contributed by atoms with Crippen LogP contribution in [0.1, 0.15) is 33.3 Å². The number of thioether (sulfide) groups is 1. The Hall–Kier alpha value is -2.69. The Kier molecular flexibility index (Phi) is 6.77. The number of aromatic nitrogens is 3. The molecule has 1 atom stereocenters. The molecule has 0 aliphatic heterocycles. The first-order valence-corrected chi connectivity index (χ1v) is 12.4. The van der Waals surface area contributed by atoms with Crippen LogP contribution in [0.3, 0.4) is 0 Å². The van der Waals surface area contributed by atoms with E-state index in [1.54, 1.807) is 6.92 Å². The van der Waals surface area contributed by atoms with Crippen LogP contribution in [0.25, 0.3) is 11.4 Å². The molecular weight excluding hydrogens is 446 g/mol. The number of hydrogen-bond acceptors (Lipinski definition) is 6. The molecule has 0 radical (unpaired) electrons. The molecular formula is C22H27N5O3S2. The zero-order valence-corrected chi connectivity index (χ0v) is 20.3. The molecule has 3 rings (SSSR count). The van der Waals surface area contributed by atoms with E-state index in [2.05, 4.69) is 48.4 Å². The number of benzene rings is 2. The van der Waals surface area contributed by atoms with Crippen LogP contribution in [0.5, 0.6) is 0 Å². The van der Waals surface area contributed by atoms with Gasteiger partial charge in [0.05, 0.1) is 10.1 Å².